The summed E-state index contributed by atoms with van der Waals surface area (Å²) in [5, 5.41) is 15.5. The molecule has 6 rings (SSSR count). The lowest BCUT2D eigenvalue weighted by atomic mass is 9.92. The number of amides is 3. The van der Waals surface area contributed by atoms with Crippen molar-refractivity contribution in [1.29, 1.82) is 0 Å². The Bertz CT molecular complexity index is 1830. The smallest absolute Gasteiger partial charge is 0.324 e. The van der Waals surface area contributed by atoms with Gasteiger partial charge in [-0.2, -0.15) is 5.10 Å². The Kier molecular flexibility index (Phi) is 7.78. The number of hydrogen-bond acceptors (Lipinski definition) is 5. The molecule has 1 saturated carbocycles. The summed E-state index contributed by atoms with van der Waals surface area (Å²) in [6.07, 6.45) is 3.92. The number of carbonyl (C=O) groups excluding carboxylic acids is 2. The number of carbonyl (C=O) groups is 2. The van der Waals surface area contributed by atoms with Gasteiger partial charge >= 0.3 is 6.03 Å². The predicted molar refractivity (Wildman–Crippen MR) is 173 cm³/mol. The Hall–Kier alpha value is -5.18. The molecular formula is C35H36N6O3. The molecule has 224 valence electrons. The van der Waals surface area contributed by atoms with Gasteiger partial charge in [-0.1, -0.05) is 62.7 Å². The number of aromatic nitrogens is 3. The number of urea groups is 1. The highest BCUT2D eigenvalue weighted by atomic mass is 16.5. The molecule has 0 unspecified atom stereocenters. The molecule has 0 atom stereocenters. The van der Waals surface area contributed by atoms with Gasteiger partial charge in [0.15, 0.2) is 0 Å². The van der Waals surface area contributed by atoms with Gasteiger partial charge in [0.25, 0.3) is 0 Å². The number of fused-ring (bicyclic) bond motifs is 1. The van der Waals surface area contributed by atoms with Crippen molar-refractivity contribution in [2.24, 2.45) is 0 Å². The quantitative estimate of drug-likeness (QED) is 0.176. The van der Waals surface area contributed by atoms with Crippen molar-refractivity contribution in [3.8, 4) is 17.2 Å². The molecule has 3 N–H and O–H groups in total. The van der Waals surface area contributed by atoms with Crippen LogP contribution in [-0.4, -0.2) is 32.7 Å². The van der Waals surface area contributed by atoms with Crippen molar-refractivity contribution in [2.75, 3.05) is 10.6 Å². The molecular weight excluding hydrogens is 552 g/mol. The predicted octanol–water partition coefficient (Wildman–Crippen LogP) is 7.28. The van der Waals surface area contributed by atoms with Crippen LogP contribution in [0.3, 0.4) is 0 Å². The normalized spacial score (nSPS) is 13.0. The minimum atomic E-state index is -0.388. The minimum Gasteiger partial charge on any atom is -0.457 e. The zero-order chi connectivity index (χ0) is 30.8. The molecule has 44 heavy (non-hydrogen) atoms. The molecule has 0 saturated heterocycles. The number of pyridine rings is 1. The summed E-state index contributed by atoms with van der Waals surface area (Å²) in [4.78, 5) is 30.0. The summed E-state index contributed by atoms with van der Waals surface area (Å²) >= 11 is 0. The lowest BCUT2D eigenvalue weighted by Crippen LogP contribution is -2.27. The van der Waals surface area contributed by atoms with Crippen molar-refractivity contribution in [3.63, 3.8) is 0 Å². The van der Waals surface area contributed by atoms with Crippen LogP contribution >= 0.6 is 0 Å². The van der Waals surface area contributed by atoms with E-state index in [-0.39, 0.29) is 23.8 Å². The van der Waals surface area contributed by atoms with E-state index in [1.807, 2.05) is 73.7 Å². The first-order chi connectivity index (χ1) is 21.1. The van der Waals surface area contributed by atoms with Crippen LogP contribution in [0.2, 0.25) is 0 Å². The van der Waals surface area contributed by atoms with Crippen LogP contribution in [0.1, 0.15) is 50.6 Å². The summed E-state index contributed by atoms with van der Waals surface area (Å²) in [7, 11) is 0. The van der Waals surface area contributed by atoms with E-state index in [1.54, 1.807) is 23.0 Å². The molecule has 0 radical (unpaired) electrons. The van der Waals surface area contributed by atoms with Crippen LogP contribution in [0.4, 0.5) is 16.3 Å². The molecule has 2 aromatic heterocycles. The molecule has 0 bridgehead atoms. The van der Waals surface area contributed by atoms with E-state index < -0.39 is 0 Å². The largest absolute Gasteiger partial charge is 0.457 e. The second-order valence-electron chi connectivity index (χ2n) is 12.3. The van der Waals surface area contributed by atoms with E-state index in [1.165, 1.54) is 0 Å². The van der Waals surface area contributed by atoms with Crippen LogP contribution in [-0.2, 0) is 16.6 Å². The van der Waals surface area contributed by atoms with Gasteiger partial charge in [0, 0.05) is 40.6 Å². The Morgan fingerprint density at radius 3 is 2.41 bits per heavy atom. The third-order valence-electron chi connectivity index (χ3n) is 7.43. The standard InChI is InChI=1S/C35H36N6O3/c1-22-9-13-25(14-10-22)41-32(21-31(40-41)35(2,3)4)39-34(43)38-29-15-16-30(28-8-6-5-7-27(28)29)44-26-17-18-36-24(19-26)20-33(42)37-23-11-12-23/h5-10,13-19,21,23H,11-12,20H2,1-4H3,(H,37,42)(H2,38,39,43). The van der Waals surface area contributed by atoms with Crippen molar-refractivity contribution >= 4 is 34.2 Å². The molecule has 0 spiro atoms. The summed E-state index contributed by atoms with van der Waals surface area (Å²) < 4.78 is 8.02. The molecule has 1 aliphatic carbocycles. The van der Waals surface area contributed by atoms with Gasteiger partial charge in [0.05, 0.1) is 29.2 Å². The Balaban J connectivity index is 1.21. The number of nitrogens with one attached hydrogen (secondary N) is 3. The average Bonchev–Trinajstić information content (AvgIpc) is 3.69. The van der Waals surface area contributed by atoms with E-state index in [0.29, 0.717) is 34.7 Å². The highest BCUT2D eigenvalue weighted by Crippen LogP contribution is 2.35. The van der Waals surface area contributed by atoms with Gasteiger partial charge in [-0.05, 0) is 50.1 Å². The van der Waals surface area contributed by atoms with Crippen LogP contribution in [0.5, 0.6) is 11.5 Å². The molecule has 9 nitrogen and oxygen atoms in total. The first kappa shape index (κ1) is 28.9. The summed E-state index contributed by atoms with van der Waals surface area (Å²) in [6, 6.07) is 24.7. The number of nitrogens with zero attached hydrogens (tertiary/aromatic N) is 3. The first-order valence-electron chi connectivity index (χ1n) is 14.8. The zero-order valence-electron chi connectivity index (χ0n) is 25.3. The molecule has 2 heterocycles. The van der Waals surface area contributed by atoms with Crippen LogP contribution in [0.15, 0.2) is 85.1 Å². The lowest BCUT2D eigenvalue weighted by molar-refractivity contribution is -0.120. The van der Waals surface area contributed by atoms with Gasteiger partial charge in [0.1, 0.15) is 17.3 Å². The fourth-order valence-electron chi connectivity index (χ4n) is 4.87. The highest BCUT2D eigenvalue weighted by Gasteiger charge is 2.24. The van der Waals surface area contributed by atoms with Crippen LogP contribution in [0.25, 0.3) is 16.5 Å². The molecule has 3 amide bonds. The SMILES string of the molecule is Cc1ccc(-n2nc(C(C)(C)C)cc2NC(=O)Nc2ccc(Oc3ccnc(CC(=O)NC4CC4)c3)c3ccccc23)cc1. The number of anilines is 2. The topological polar surface area (TPSA) is 110 Å². The highest BCUT2D eigenvalue weighted by molar-refractivity contribution is 6.07. The van der Waals surface area contributed by atoms with Crippen LogP contribution in [0, 0.1) is 6.92 Å². The molecule has 1 fully saturated rings. The van der Waals surface area contributed by atoms with Crippen molar-refractivity contribution < 1.29 is 14.3 Å². The van der Waals surface area contributed by atoms with Crippen molar-refractivity contribution in [2.45, 2.75) is 58.4 Å². The number of aryl methyl sites for hydroxylation is 1. The average molecular weight is 589 g/mol. The maximum absolute atomic E-state index is 13.4. The van der Waals surface area contributed by atoms with E-state index in [9.17, 15) is 9.59 Å². The maximum Gasteiger partial charge on any atom is 0.324 e. The molecule has 3 aromatic carbocycles. The van der Waals surface area contributed by atoms with Gasteiger partial charge in [-0.15, -0.1) is 0 Å². The fourth-order valence-corrected chi connectivity index (χ4v) is 4.87. The molecule has 5 aromatic rings. The number of ether oxygens (including phenoxy) is 1. The Labute approximate surface area is 256 Å². The van der Waals surface area contributed by atoms with Gasteiger partial charge in [-0.3, -0.25) is 15.1 Å². The first-order valence-corrected chi connectivity index (χ1v) is 14.8. The van der Waals surface area contributed by atoms with E-state index >= 15 is 0 Å². The second-order valence-corrected chi connectivity index (χ2v) is 12.3. The van der Waals surface area contributed by atoms with E-state index in [2.05, 4.69) is 41.7 Å². The maximum atomic E-state index is 13.4. The molecule has 0 aliphatic heterocycles. The minimum absolute atomic E-state index is 0.0344. The molecule has 9 heteroatoms. The van der Waals surface area contributed by atoms with E-state index in [0.717, 1.165) is 40.6 Å². The Morgan fingerprint density at radius 1 is 0.932 bits per heavy atom. The number of benzene rings is 3. The number of hydrogen-bond donors (Lipinski definition) is 3. The third kappa shape index (κ3) is 6.72. The van der Waals surface area contributed by atoms with E-state index in [4.69, 9.17) is 9.84 Å². The third-order valence-corrected chi connectivity index (χ3v) is 7.43. The van der Waals surface area contributed by atoms with Crippen molar-refractivity contribution in [1.82, 2.24) is 20.1 Å². The summed E-state index contributed by atoms with van der Waals surface area (Å²) in [5.74, 6) is 1.74. The lowest BCUT2D eigenvalue weighted by Gasteiger charge is -2.14. The second kappa shape index (κ2) is 11.8. The summed E-state index contributed by atoms with van der Waals surface area (Å²) in [6.45, 7) is 8.30. The van der Waals surface area contributed by atoms with Gasteiger partial charge in [0.2, 0.25) is 5.91 Å². The van der Waals surface area contributed by atoms with Crippen molar-refractivity contribution in [3.05, 3.63) is 102 Å². The van der Waals surface area contributed by atoms with Gasteiger partial charge < -0.3 is 15.4 Å². The Morgan fingerprint density at radius 2 is 1.68 bits per heavy atom. The monoisotopic (exact) mass is 588 g/mol. The van der Waals surface area contributed by atoms with Gasteiger partial charge in [-0.25, -0.2) is 9.48 Å². The molecule has 1 aliphatic rings. The number of rotatable bonds is 8. The summed E-state index contributed by atoms with van der Waals surface area (Å²) in [5.41, 5.74) is 3.94. The van der Waals surface area contributed by atoms with Crippen LogP contribution < -0.4 is 20.7 Å². The fraction of sp³-hybridized carbons (Fsp3) is 0.257. The zero-order valence-corrected chi connectivity index (χ0v) is 25.3.